The summed E-state index contributed by atoms with van der Waals surface area (Å²) in [5.74, 6) is 0.902. The Kier molecular flexibility index (Phi) is 3.19. The molecule has 0 spiro atoms. The van der Waals surface area contributed by atoms with E-state index in [-0.39, 0.29) is 0 Å². The zero-order chi connectivity index (χ0) is 12.4. The summed E-state index contributed by atoms with van der Waals surface area (Å²) in [7, 11) is 0. The summed E-state index contributed by atoms with van der Waals surface area (Å²) in [5, 5.41) is 0. The first-order valence-corrected chi connectivity index (χ1v) is 7.04. The normalized spacial score (nSPS) is 14.7. The van der Waals surface area contributed by atoms with Crippen LogP contribution < -0.4 is 0 Å². The van der Waals surface area contributed by atoms with Crippen molar-refractivity contribution in [2.45, 2.75) is 29.5 Å². The number of aldehydes is 1. The Labute approximate surface area is 110 Å². The van der Waals surface area contributed by atoms with Crippen molar-refractivity contribution in [3.8, 4) is 0 Å². The van der Waals surface area contributed by atoms with Crippen molar-refractivity contribution in [1.82, 2.24) is 9.55 Å². The molecule has 0 saturated heterocycles. The summed E-state index contributed by atoms with van der Waals surface area (Å²) in [4.78, 5) is 16.1. The number of carbonyl (C=O) groups is 1. The molecule has 2 aromatic rings. The lowest BCUT2D eigenvalue weighted by Gasteiger charge is -2.06. The second-order valence-corrected chi connectivity index (χ2v) is 5.55. The van der Waals surface area contributed by atoms with Crippen LogP contribution in [0.1, 0.15) is 34.9 Å². The molecular weight excluding hydrogens is 244 g/mol. The molecule has 1 saturated carbocycles. The molecular formula is C14H14N2OS. The van der Waals surface area contributed by atoms with E-state index in [2.05, 4.69) is 9.55 Å². The fourth-order valence-corrected chi connectivity index (χ4v) is 2.89. The molecule has 1 aliphatic rings. The maximum Gasteiger partial charge on any atom is 0.150 e. The van der Waals surface area contributed by atoms with E-state index in [0.717, 1.165) is 22.5 Å². The quantitative estimate of drug-likeness (QED) is 0.609. The van der Waals surface area contributed by atoms with Gasteiger partial charge in [0, 0.05) is 34.1 Å². The molecule has 1 fully saturated rings. The van der Waals surface area contributed by atoms with Crippen LogP contribution in [0.5, 0.6) is 0 Å². The molecule has 0 radical (unpaired) electrons. The van der Waals surface area contributed by atoms with Crippen molar-refractivity contribution in [2.24, 2.45) is 0 Å². The van der Waals surface area contributed by atoms with Crippen molar-refractivity contribution in [1.29, 1.82) is 0 Å². The maximum absolute atomic E-state index is 10.7. The molecule has 0 amide bonds. The number of aromatic nitrogens is 2. The highest BCUT2D eigenvalue weighted by atomic mass is 32.2. The molecule has 92 valence electrons. The summed E-state index contributed by atoms with van der Waals surface area (Å²) in [6.45, 7) is 0. The van der Waals surface area contributed by atoms with Gasteiger partial charge in [-0.05, 0) is 25.0 Å². The number of thioether (sulfide) groups is 1. The summed E-state index contributed by atoms with van der Waals surface area (Å²) >= 11 is 1.75. The maximum atomic E-state index is 10.7. The van der Waals surface area contributed by atoms with Gasteiger partial charge in [0.1, 0.15) is 6.29 Å². The van der Waals surface area contributed by atoms with Crippen LogP contribution >= 0.6 is 11.8 Å². The molecule has 4 heteroatoms. The molecule has 1 aromatic heterocycles. The summed E-state index contributed by atoms with van der Waals surface area (Å²) in [5.41, 5.74) is 2.00. The van der Waals surface area contributed by atoms with Crippen LogP contribution in [0.25, 0.3) is 0 Å². The lowest BCUT2D eigenvalue weighted by atomic mass is 10.2. The molecule has 0 unspecified atom stereocenters. The second-order valence-electron chi connectivity index (χ2n) is 4.50. The third kappa shape index (κ3) is 2.48. The van der Waals surface area contributed by atoms with Crippen LogP contribution in [0.2, 0.25) is 0 Å². The highest BCUT2D eigenvalue weighted by molar-refractivity contribution is 7.98. The molecule has 18 heavy (non-hydrogen) atoms. The van der Waals surface area contributed by atoms with Gasteiger partial charge in [-0.1, -0.05) is 12.1 Å². The Morgan fingerprint density at radius 2 is 2.33 bits per heavy atom. The number of nitrogens with zero attached hydrogens (tertiary/aromatic N) is 2. The Morgan fingerprint density at radius 3 is 3.11 bits per heavy atom. The van der Waals surface area contributed by atoms with Crippen LogP contribution in [-0.4, -0.2) is 15.8 Å². The molecule has 1 aliphatic carbocycles. The first kappa shape index (κ1) is 11.5. The van der Waals surface area contributed by atoms with Crippen molar-refractivity contribution in [3.63, 3.8) is 0 Å². The Balaban J connectivity index is 1.69. The number of rotatable bonds is 5. The average molecular weight is 258 g/mol. The fourth-order valence-electron chi connectivity index (χ4n) is 1.96. The Bertz CT molecular complexity index is 560. The van der Waals surface area contributed by atoms with Gasteiger partial charge >= 0.3 is 0 Å². The molecule has 3 nitrogen and oxygen atoms in total. The first-order chi connectivity index (χ1) is 8.86. The third-order valence-electron chi connectivity index (χ3n) is 3.07. The highest BCUT2D eigenvalue weighted by Gasteiger charge is 2.24. The zero-order valence-corrected chi connectivity index (χ0v) is 10.8. The number of benzene rings is 1. The SMILES string of the molecule is O=Cc1cccc(SCc2cncn2C2CC2)c1. The molecule has 0 aliphatic heterocycles. The van der Waals surface area contributed by atoms with Gasteiger partial charge in [0.2, 0.25) is 0 Å². The van der Waals surface area contributed by atoms with Gasteiger partial charge < -0.3 is 4.57 Å². The standard InChI is InChI=1S/C14H14N2OS/c17-8-11-2-1-3-14(6-11)18-9-13-7-15-10-16(13)12-4-5-12/h1-3,6-8,10,12H,4-5,9H2. The molecule has 0 N–H and O–H groups in total. The molecule has 3 rings (SSSR count). The van der Waals surface area contributed by atoms with Crippen LogP contribution in [0.4, 0.5) is 0 Å². The van der Waals surface area contributed by atoms with Crippen molar-refractivity contribution in [3.05, 3.63) is 48.0 Å². The first-order valence-electron chi connectivity index (χ1n) is 6.05. The van der Waals surface area contributed by atoms with E-state index < -0.39 is 0 Å². The minimum absolute atomic E-state index is 0.671. The van der Waals surface area contributed by atoms with Gasteiger partial charge in [0.25, 0.3) is 0 Å². The predicted molar refractivity (Wildman–Crippen MR) is 71.9 cm³/mol. The van der Waals surface area contributed by atoms with Gasteiger partial charge in [-0.15, -0.1) is 11.8 Å². The van der Waals surface area contributed by atoms with E-state index in [9.17, 15) is 4.79 Å². The van der Waals surface area contributed by atoms with E-state index in [1.165, 1.54) is 18.5 Å². The van der Waals surface area contributed by atoms with Crippen LogP contribution in [0, 0.1) is 0 Å². The topological polar surface area (TPSA) is 34.9 Å². The number of hydrogen-bond acceptors (Lipinski definition) is 3. The largest absolute Gasteiger partial charge is 0.331 e. The monoisotopic (exact) mass is 258 g/mol. The van der Waals surface area contributed by atoms with Crippen LogP contribution in [0.15, 0.2) is 41.7 Å². The van der Waals surface area contributed by atoms with Gasteiger partial charge in [-0.3, -0.25) is 4.79 Å². The Hall–Kier alpha value is -1.55. The highest BCUT2D eigenvalue weighted by Crippen LogP contribution is 2.36. The van der Waals surface area contributed by atoms with Gasteiger partial charge in [-0.2, -0.15) is 0 Å². The van der Waals surface area contributed by atoms with Crippen molar-refractivity contribution < 1.29 is 4.79 Å². The summed E-state index contributed by atoms with van der Waals surface area (Å²) in [6.07, 6.45) is 7.30. The van der Waals surface area contributed by atoms with Gasteiger partial charge in [0.05, 0.1) is 6.33 Å². The lowest BCUT2D eigenvalue weighted by Crippen LogP contribution is -1.97. The average Bonchev–Trinajstić information content (AvgIpc) is 3.15. The molecule has 1 aromatic carbocycles. The minimum Gasteiger partial charge on any atom is -0.331 e. The minimum atomic E-state index is 0.671. The molecule has 0 atom stereocenters. The van der Waals surface area contributed by atoms with Crippen LogP contribution in [0.3, 0.4) is 0 Å². The zero-order valence-electron chi connectivity index (χ0n) is 9.95. The number of imidazole rings is 1. The summed E-state index contributed by atoms with van der Waals surface area (Å²) < 4.78 is 2.27. The lowest BCUT2D eigenvalue weighted by molar-refractivity contribution is 0.112. The van der Waals surface area contributed by atoms with Gasteiger partial charge in [-0.25, -0.2) is 4.98 Å². The van der Waals surface area contributed by atoms with E-state index in [4.69, 9.17) is 0 Å². The van der Waals surface area contributed by atoms with E-state index in [1.807, 2.05) is 36.8 Å². The van der Waals surface area contributed by atoms with Crippen molar-refractivity contribution >= 4 is 18.0 Å². The third-order valence-corrected chi connectivity index (χ3v) is 4.09. The Morgan fingerprint density at radius 1 is 1.44 bits per heavy atom. The fraction of sp³-hybridized carbons (Fsp3) is 0.286. The molecule has 1 heterocycles. The van der Waals surface area contributed by atoms with E-state index in [1.54, 1.807) is 11.8 Å². The smallest absolute Gasteiger partial charge is 0.150 e. The predicted octanol–water partition coefficient (Wildman–Crippen LogP) is 3.32. The van der Waals surface area contributed by atoms with Crippen LogP contribution in [-0.2, 0) is 5.75 Å². The second kappa shape index (κ2) is 4.98. The van der Waals surface area contributed by atoms with Crippen molar-refractivity contribution in [2.75, 3.05) is 0 Å². The number of hydrogen-bond donors (Lipinski definition) is 0. The van der Waals surface area contributed by atoms with E-state index in [0.29, 0.717) is 6.04 Å². The van der Waals surface area contributed by atoms with E-state index >= 15 is 0 Å². The van der Waals surface area contributed by atoms with Gasteiger partial charge in [0.15, 0.2) is 0 Å². The summed E-state index contributed by atoms with van der Waals surface area (Å²) in [6, 6.07) is 8.38. The molecule has 0 bridgehead atoms. The number of carbonyl (C=O) groups excluding carboxylic acids is 1.